The number of carbonyl (C=O) groups is 1. The molecular formula is C19H23N3O3. The molecule has 1 saturated heterocycles. The minimum Gasteiger partial charge on any atom is -0.497 e. The lowest BCUT2D eigenvalue weighted by Gasteiger charge is -2.35. The van der Waals surface area contributed by atoms with E-state index in [2.05, 4.69) is 5.10 Å². The number of piperidine rings is 1. The van der Waals surface area contributed by atoms with Crippen LogP contribution in [0.1, 0.15) is 29.6 Å². The van der Waals surface area contributed by atoms with Gasteiger partial charge in [-0.2, -0.15) is 5.10 Å². The molecule has 0 spiro atoms. The zero-order valence-corrected chi connectivity index (χ0v) is 14.6. The van der Waals surface area contributed by atoms with Gasteiger partial charge in [-0.15, -0.1) is 0 Å². The molecule has 2 heterocycles. The number of benzene rings is 1. The van der Waals surface area contributed by atoms with E-state index in [1.54, 1.807) is 24.2 Å². The van der Waals surface area contributed by atoms with Crippen LogP contribution in [0.25, 0.3) is 0 Å². The predicted molar refractivity (Wildman–Crippen MR) is 92.8 cm³/mol. The number of hydrogen-bond donors (Lipinski definition) is 0. The van der Waals surface area contributed by atoms with Gasteiger partial charge in [0.2, 0.25) is 0 Å². The van der Waals surface area contributed by atoms with Gasteiger partial charge in [-0.3, -0.25) is 9.48 Å². The molecule has 0 radical (unpaired) electrons. The van der Waals surface area contributed by atoms with Crippen LogP contribution >= 0.6 is 0 Å². The van der Waals surface area contributed by atoms with Gasteiger partial charge < -0.3 is 14.4 Å². The average molecular weight is 341 g/mol. The van der Waals surface area contributed by atoms with Crippen LogP contribution in [-0.2, 0) is 7.05 Å². The number of ether oxygens (including phenoxy) is 2. The number of hydrogen-bond acceptors (Lipinski definition) is 4. The van der Waals surface area contributed by atoms with E-state index in [0.29, 0.717) is 24.1 Å². The van der Waals surface area contributed by atoms with Crippen molar-refractivity contribution in [2.24, 2.45) is 13.0 Å². The molecule has 25 heavy (non-hydrogen) atoms. The number of aromatic nitrogens is 2. The standard InChI is InChI=1S/C19H23N3O3/c1-21-11-14(10-20-21)19(23)22-15-4-3-13(9-15)18(22)12-25-17-7-5-16(24-2)6-8-17/h5-8,10-11,13,15,18H,3-4,9,12H2,1-2H3/t13-,15+,18+/m1/s1. The molecule has 1 saturated carbocycles. The molecule has 2 aliphatic rings. The molecule has 3 atom stereocenters. The number of amides is 1. The van der Waals surface area contributed by atoms with E-state index in [0.717, 1.165) is 24.3 Å². The molecule has 2 aromatic rings. The van der Waals surface area contributed by atoms with Crippen molar-refractivity contribution in [3.63, 3.8) is 0 Å². The van der Waals surface area contributed by atoms with Gasteiger partial charge in [-0.25, -0.2) is 0 Å². The first-order valence-electron chi connectivity index (χ1n) is 8.74. The van der Waals surface area contributed by atoms with Crippen molar-refractivity contribution < 1.29 is 14.3 Å². The highest BCUT2D eigenvalue weighted by Gasteiger charge is 2.48. The van der Waals surface area contributed by atoms with E-state index >= 15 is 0 Å². The monoisotopic (exact) mass is 341 g/mol. The summed E-state index contributed by atoms with van der Waals surface area (Å²) in [5.74, 6) is 2.21. The predicted octanol–water partition coefficient (Wildman–Crippen LogP) is 2.50. The van der Waals surface area contributed by atoms with Crippen molar-refractivity contribution in [2.45, 2.75) is 31.3 Å². The van der Waals surface area contributed by atoms with Crippen LogP contribution in [0, 0.1) is 5.92 Å². The number of carbonyl (C=O) groups excluding carboxylic acids is 1. The Morgan fingerprint density at radius 2 is 2.00 bits per heavy atom. The third kappa shape index (κ3) is 2.97. The van der Waals surface area contributed by atoms with Crippen molar-refractivity contribution in [3.05, 3.63) is 42.2 Å². The Morgan fingerprint density at radius 1 is 1.24 bits per heavy atom. The van der Waals surface area contributed by atoms with Crippen LogP contribution in [0.4, 0.5) is 0 Å². The van der Waals surface area contributed by atoms with Crippen LogP contribution in [0.2, 0.25) is 0 Å². The van der Waals surface area contributed by atoms with E-state index in [4.69, 9.17) is 9.47 Å². The Morgan fingerprint density at radius 3 is 2.68 bits per heavy atom. The van der Waals surface area contributed by atoms with Crippen molar-refractivity contribution in [1.29, 1.82) is 0 Å². The minimum absolute atomic E-state index is 0.0728. The van der Waals surface area contributed by atoms with Crippen LogP contribution in [0.5, 0.6) is 11.5 Å². The first-order valence-corrected chi connectivity index (χ1v) is 8.74. The summed E-state index contributed by atoms with van der Waals surface area (Å²) in [4.78, 5) is 15.0. The molecule has 1 aliphatic carbocycles. The van der Waals surface area contributed by atoms with Gasteiger partial charge in [0.1, 0.15) is 18.1 Å². The molecule has 2 bridgehead atoms. The van der Waals surface area contributed by atoms with Gasteiger partial charge in [-0.05, 0) is 49.4 Å². The number of fused-ring (bicyclic) bond motifs is 2. The lowest BCUT2D eigenvalue weighted by Crippen LogP contribution is -2.47. The Bertz CT molecular complexity index is 756. The largest absolute Gasteiger partial charge is 0.497 e. The summed E-state index contributed by atoms with van der Waals surface area (Å²) in [5, 5.41) is 4.13. The highest BCUT2D eigenvalue weighted by Crippen LogP contribution is 2.43. The third-order valence-corrected chi connectivity index (χ3v) is 5.41. The van der Waals surface area contributed by atoms with Gasteiger partial charge in [0.05, 0.1) is 24.9 Å². The molecule has 4 rings (SSSR count). The van der Waals surface area contributed by atoms with E-state index in [1.165, 1.54) is 6.42 Å². The SMILES string of the molecule is COc1ccc(OC[C@H]2[C@@H]3CC[C@@H](C3)N2C(=O)c2cnn(C)c2)cc1. The van der Waals surface area contributed by atoms with Gasteiger partial charge in [0.25, 0.3) is 5.91 Å². The Balaban J connectivity index is 1.47. The Kier molecular flexibility index (Phi) is 4.11. The Labute approximate surface area is 147 Å². The van der Waals surface area contributed by atoms with E-state index < -0.39 is 0 Å². The molecule has 6 nitrogen and oxygen atoms in total. The first kappa shape index (κ1) is 16.0. The molecule has 2 fully saturated rings. The highest BCUT2D eigenvalue weighted by atomic mass is 16.5. The molecule has 1 aliphatic heterocycles. The summed E-state index contributed by atoms with van der Waals surface area (Å²) >= 11 is 0. The maximum Gasteiger partial charge on any atom is 0.257 e. The summed E-state index contributed by atoms with van der Waals surface area (Å²) in [6, 6.07) is 8.04. The van der Waals surface area contributed by atoms with Crippen molar-refractivity contribution in [2.75, 3.05) is 13.7 Å². The minimum atomic E-state index is 0.0728. The van der Waals surface area contributed by atoms with Gasteiger partial charge >= 0.3 is 0 Å². The summed E-state index contributed by atoms with van der Waals surface area (Å²) < 4.78 is 12.8. The Hall–Kier alpha value is -2.50. The van der Waals surface area contributed by atoms with Crippen molar-refractivity contribution in [1.82, 2.24) is 14.7 Å². The molecule has 1 aromatic carbocycles. The number of rotatable bonds is 5. The van der Waals surface area contributed by atoms with Gasteiger partial charge in [-0.1, -0.05) is 0 Å². The highest BCUT2D eigenvalue weighted by molar-refractivity contribution is 5.94. The second kappa shape index (κ2) is 6.43. The summed E-state index contributed by atoms with van der Waals surface area (Å²) in [6.45, 7) is 0.527. The van der Waals surface area contributed by atoms with Crippen LogP contribution < -0.4 is 9.47 Å². The molecular weight excluding hydrogens is 318 g/mol. The van der Waals surface area contributed by atoms with Crippen LogP contribution in [0.15, 0.2) is 36.7 Å². The van der Waals surface area contributed by atoms with Crippen molar-refractivity contribution >= 4 is 5.91 Å². The molecule has 0 N–H and O–H groups in total. The quantitative estimate of drug-likeness (QED) is 0.838. The topological polar surface area (TPSA) is 56.6 Å². The maximum atomic E-state index is 13.0. The fourth-order valence-electron chi connectivity index (χ4n) is 4.16. The number of nitrogens with zero attached hydrogens (tertiary/aromatic N) is 3. The van der Waals surface area contributed by atoms with E-state index in [1.807, 2.05) is 36.2 Å². The normalized spacial score (nSPS) is 24.6. The first-order chi connectivity index (χ1) is 12.2. The summed E-state index contributed by atoms with van der Waals surface area (Å²) in [7, 11) is 3.48. The zero-order valence-electron chi connectivity index (χ0n) is 14.6. The summed E-state index contributed by atoms with van der Waals surface area (Å²) in [6.07, 6.45) is 6.79. The lowest BCUT2D eigenvalue weighted by molar-refractivity contribution is 0.0505. The lowest BCUT2D eigenvalue weighted by atomic mass is 9.99. The number of likely N-dealkylation sites (tertiary alicyclic amines) is 1. The molecule has 1 aromatic heterocycles. The number of methoxy groups -OCH3 is 1. The molecule has 132 valence electrons. The van der Waals surface area contributed by atoms with E-state index in [-0.39, 0.29) is 11.9 Å². The number of aryl methyl sites for hydroxylation is 1. The van der Waals surface area contributed by atoms with Crippen LogP contribution in [-0.4, -0.2) is 46.4 Å². The zero-order chi connectivity index (χ0) is 17.4. The summed E-state index contributed by atoms with van der Waals surface area (Å²) in [5.41, 5.74) is 0.657. The maximum absolute atomic E-state index is 13.0. The smallest absolute Gasteiger partial charge is 0.257 e. The molecule has 1 amide bonds. The second-order valence-electron chi connectivity index (χ2n) is 6.90. The fourth-order valence-corrected chi connectivity index (χ4v) is 4.16. The van der Waals surface area contributed by atoms with E-state index in [9.17, 15) is 4.79 Å². The second-order valence-corrected chi connectivity index (χ2v) is 6.90. The average Bonchev–Trinajstić information content (AvgIpc) is 3.35. The fraction of sp³-hybridized carbons (Fsp3) is 0.474. The third-order valence-electron chi connectivity index (χ3n) is 5.41. The van der Waals surface area contributed by atoms with Gasteiger partial charge in [0, 0.05) is 19.3 Å². The van der Waals surface area contributed by atoms with Crippen molar-refractivity contribution in [3.8, 4) is 11.5 Å². The van der Waals surface area contributed by atoms with Gasteiger partial charge in [0.15, 0.2) is 0 Å². The molecule has 6 heteroatoms. The molecule has 0 unspecified atom stereocenters. The van der Waals surface area contributed by atoms with Crippen LogP contribution in [0.3, 0.4) is 0 Å².